The van der Waals surface area contributed by atoms with Crippen molar-refractivity contribution in [1.82, 2.24) is 14.5 Å². The lowest BCUT2D eigenvalue weighted by molar-refractivity contribution is -0.154. The van der Waals surface area contributed by atoms with Gasteiger partial charge in [0.15, 0.2) is 29.9 Å². The molecule has 1 unspecified atom stereocenters. The number of aliphatic imine (C=N–C) groups is 1. The maximum Gasteiger partial charge on any atom is 0.332 e. The molecule has 3 aliphatic rings. The zero-order chi connectivity index (χ0) is 37.0. The number of nitrogens with one attached hydrogen (secondary N) is 2. The van der Waals surface area contributed by atoms with Crippen molar-refractivity contribution in [2.45, 2.75) is 96.3 Å². The van der Waals surface area contributed by atoms with Crippen LogP contribution in [0.2, 0.25) is 0 Å². The van der Waals surface area contributed by atoms with E-state index in [9.17, 15) is 29.1 Å². The molecule has 0 spiro atoms. The molecule has 2 saturated heterocycles. The van der Waals surface area contributed by atoms with Crippen molar-refractivity contribution in [3.63, 3.8) is 0 Å². The average Bonchev–Trinajstić information content (AvgIpc) is 3.74. The topological polar surface area (TPSA) is 232 Å². The van der Waals surface area contributed by atoms with Crippen molar-refractivity contribution in [2.75, 3.05) is 18.5 Å². The van der Waals surface area contributed by atoms with E-state index in [1.54, 1.807) is 24.3 Å². The van der Waals surface area contributed by atoms with E-state index < -0.39 is 55.1 Å². The molecule has 7 atom stereocenters. The SMILES string of the molecule is C=CCn1c2c(n([C@@H]3O[C@H](CO)[C@H]4OC(c5cccc(NC(=O)[C@H](CCCCN)CC(=O)[C@@H](NC(C)=O)C(C)C)c5)O[C@H]43)c1=O)N=C(N)CC2=O. The molecule has 3 aliphatic heterocycles. The van der Waals surface area contributed by atoms with Gasteiger partial charge < -0.3 is 41.4 Å². The van der Waals surface area contributed by atoms with Gasteiger partial charge in [-0.3, -0.25) is 23.7 Å². The minimum absolute atomic E-state index is 0.0333. The first kappa shape index (κ1) is 37.8. The normalized spacial score (nSPS) is 23.7. The van der Waals surface area contributed by atoms with E-state index in [2.05, 4.69) is 22.2 Å². The van der Waals surface area contributed by atoms with Gasteiger partial charge in [0.1, 0.15) is 29.8 Å². The molecule has 0 saturated carbocycles. The highest BCUT2D eigenvalue weighted by atomic mass is 16.8. The molecule has 2 aromatic rings. The van der Waals surface area contributed by atoms with Crippen LogP contribution in [-0.4, -0.2) is 81.0 Å². The molecule has 4 heterocycles. The van der Waals surface area contributed by atoms with Crippen molar-refractivity contribution in [3.8, 4) is 0 Å². The Labute approximate surface area is 295 Å². The number of aromatic nitrogens is 2. The Morgan fingerprint density at radius 1 is 1.16 bits per heavy atom. The van der Waals surface area contributed by atoms with E-state index >= 15 is 0 Å². The maximum atomic E-state index is 13.7. The van der Waals surface area contributed by atoms with Crippen LogP contribution >= 0.6 is 0 Å². The number of amides is 2. The number of hydrogen-bond acceptors (Lipinski definition) is 12. The lowest BCUT2D eigenvalue weighted by Crippen LogP contribution is -2.44. The number of hydrogen-bond donors (Lipinski definition) is 5. The molecule has 7 N–H and O–H groups in total. The molecular weight excluding hydrogens is 662 g/mol. The van der Waals surface area contributed by atoms with Gasteiger partial charge in [-0.25, -0.2) is 14.4 Å². The maximum absolute atomic E-state index is 13.7. The zero-order valence-corrected chi connectivity index (χ0v) is 29.1. The monoisotopic (exact) mass is 709 g/mol. The number of nitrogens with zero attached hydrogens (tertiary/aromatic N) is 3. The third kappa shape index (κ3) is 8.05. The second kappa shape index (κ2) is 16.2. The van der Waals surface area contributed by atoms with E-state index in [1.165, 1.54) is 22.1 Å². The van der Waals surface area contributed by atoms with E-state index in [1.807, 2.05) is 13.8 Å². The van der Waals surface area contributed by atoms with E-state index in [0.29, 0.717) is 37.1 Å². The van der Waals surface area contributed by atoms with Gasteiger partial charge in [0.25, 0.3) is 0 Å². The van der Waals surface area contributed by atoms with Crippen LogP contribution < -0.4 is 27.8 Å². The van der Waals surface area contributed by atoms with Gasteiger partial charge in [-0.15, -0.1) is 6.58 Å². The molecule has 16 heteroatoms. The number of amidine groups is 1. The average molecular weight is 710 g/mol. The molecule has 0 bridgehead atoms. The molecule has 276 valence electrons. The van der Waals surface area contributed by atoms with Gasteiger partial charge in [-0.1, -0.05) is 38.5 Å². The third-order valence-corrected chi connectivity index (χ3v) is 9.22. The minimum Gasteiger partial charge on any atom is -0.394 e. The lowest BCUT2D eigenvalue weighted by Gasteiger charge is -2.23. The number of fused-ring (bicyclic) bond motifs is 2. The largest absolute Gasteiger partial charge is 0.394 e. The number of Topliss-reactive ketones (excluding diaryl/α,β-unsaturated/α-hetero) is 2. The molecule has 1 aromatic heterocycles. The van der Waals surface area contributed by atoms with Crippen molar-refractivity contribution < 1.29 is 38.5 Å². The third-order valence-electron chi connectivity index (χ3n) is 9.22. The summed E-state index contributed by atoms with van der Waals surface area (Å²) in [5.74, 6) is -2.02. The van der Waals surface area contributed by atoms with Crippen LogP contribution in [0.1, 0.15) is 81.4 Å². The Morgan fingerprint density at radius 3 is 2.57 bits per heavy atom. The Hall–Kier alpha value is -4.48. The van der Waals surface area contributed by atoms with Crippen molar-refractivity contribution in [3.05, 3.63) is 58.7 Å². The second-order valence-electron chi connectivity index (χ2n) is 13.4. The van der Waals surface area contributed by atoms with Gasteiger partial charge in [0, 0.05) is 37.1 Å². The summed E-state index contributed by atoms with van der Waals surface area (Å²) in [6, 6.07) is 6.11. The van der Waals surface area contributed by atoms with Crippen LogP contribution in [0, 0.1) is 11.8 Å². The summed E-state index contributed by atoms with van der Waals surface area (Å²) in [7, 11) is 0. The number of imidazole rings is 1. The number of ether oxygens (including phenoxy) is 3. The Bertz CT molecular complexity index is 1750. The molecule has 16 nitrogen and oxygen atoms in total. The Kier molecular flexibility index (Phi) is 12.0. The summed E-state index contributed by atoms with van der Waals surface area (Å²) < 4.78 is 21.1. The first-order valence-corrected chi connectivity index (χ1v) is 17.2. The van der Waals surface area contributed by atoms with Crippen LogP contribution in [0.4, 0.5) is 11.5 Å². The predicted octanol–water partition coefficient (Wildman–Crippen LogP) is 1.59. The van der Waals surface area contributed by atoms with Gasteiger partial charge >= 0.3 is 5.69 Å². The standard InChI is InChI=1S/C35H47N7O9/c1-5-13-41-28-24(46)16-26(37)40-31(28)42(35(41)48)33-30-29(25(17-43)49-33)50-34(51-30)21-10-8-11-22(14-21)39-32(47)20(9-6-7-12-36)15-23(45)27(18(2)3)38-19(4)44/h5,8,10-11,14,18,20,25,27,29-30,33-34,43H,1,6-7,9,12-13,15-17,36H2,2-4H3,(H2,37,40)(H,38,44)(H,39,47)/t20-,25-,27+,29-,30-,33-,34?/m1/s1. The number of carbonyl (C=O) groups is 4. The van der Waals surface area contributed by atoms with Gasteiger partial charge in [-0.05, 0) is 37.4 Å². The number of ketones is 2. The number of rotatable bonds is 16. The van der Waals surface area contributed by atoms with E-state index in [0.717, 1.165) is 0 Å². The first-order chi connectivity index (χ1) is 24.4. The number of aliphatic hydroxyl groups is 1. The van der Waals surface area contributed by atoms with Gasteiger partial charge in [-0.2, -0.15) is 0 Å². The minimum atomic E-state index is -1.12. The molecule has 51 heavy (non-hydrogen) atoms. The summed E-state index contributed by atoms with van der Waals surface area (Å²) in [6.07, 6.45) is -1.60. The summed E-state index contributed by atoms with van der Waals surface area (Å²) >= 11 is 0. The zero-order valence-electron chi connectivity index (χ0n) is 29.1. The van der Waals surface area contributed by atoms with Crippen LogP contribution in [0.15, 0.2) is 46.7 Å². The number of aliphatic hydroxyl groups excluding tert-OH is 1. The fourth-order valence-corrected chi connectivity index (χ4v) is 6.81. The molecule has 1 aromatic carbocycles. The van der Waals surface area contributed by atoms with E-state index in [-0.39, 0.29) is 66.0 Å². The summed E-state index contributed by atoms with van der Waals surface area (Å²) in [5.41, 5.74) is 12.1. The number of carbonyl (C=O) groups excluding carboxylic acids is 4. The number of unbranched alkanes of at least 4 members (excludes halogenated alkanes) is 1. The quantitative estimate of drug-likeness (QED) is 0.124. The van der Waals surface area contributed by atoms with E-state index in [4.69, 9.17) is 25.7 Å². The smallest absolute Gasteiger partial charge is 0.332 e. The Balaban J connectivity index is 1.36. The lowest BCUT2D eigenvalue weighted by atomic mass is 9.89. The summed E-state index contributed by atoms with van der Waals surface area (Å²) in [6.45, 7) is 8.77. The first-order valence-electron chi connectivity index (χ1n) is 17.2. The molecule has 0 radical (unpaired) electrons. The number of anilines is 1. The number of nitrogens with two attached hydrogens (primary N) is 2. The summed E-state index contributed by atoms with van der Waals surface area (Å²) in [5, 5.41) is 15.8. The number of allylic oxidation sites excluding steroid dienone is 1. The number of benzene rings is 1. The highest BCUT2D eigenvalue weighted by Gasteiger charge is 2.55. The highest BCUT2D eigenvalue weighted by molar-refractivity contribution is 6.13. The van der Waals surface area contributed by atoms with Gasteiger partial charge in [0.2, 0.25) is 11.8 Å². The highest BCUT2D eigenvalue weighted by Crippen LogP contribution is 2.45. The molecule has 2 amide bonds. The molecule has 0 aliphatic carbocycles. The Morgan fingerprint density at radius 2 is 1.90 bits per heavy atom. The molecule has 2 fully saturated rings. The fraction of sp³-hybridized carbons (Fsp3) is 0.543. The van der Waals surface area contributed by atoms with Crippen LogP contribution in [0.3, 0.4) is 0 Å². The van der Waals surface area contributed by atoms with Crippen molar-refractivity contribution in [1.29, 1.82) is 0 Å². The van der Waals surface area contributed by atoms with Crippen LogP contribution in [-0.2, 0) is 35.1 Å². The van der Waals surface area contributed by atoms with Crippen LogP contribution in [0.25, 0.3) is 0 Å². The molecule has 5 rings (SSSR count). The molecular formula is C35H47N7O9. The van der Waals surface area contributed by atoms with Crippen LogP contribution in [0.5, 0.6) is 0 Å². The predicted molar refractivity (Wildman–Crippen MR) is 186 cm³/mol. The second-order valence-corrected chi connectivity index (χ2v) is 13.4. The fourth-order valence-electron chi connectivity index (χ4n) is 6.81. The summed E-state index contributed by atoms with van der Waals surface area (Å²) in [4.78, 5) is 69.6. The van der Waals surface area contributed by atoms with Crippen molar-refractivity contribution >= 4 is 40.7 Å². The van der Waals surface area contributed by atoms with Crippen molar-refractivity contribution in [2.24, 2.45) is 28.3 Å². The van der Waals surface area contributed by atoms with Gasteiger partial charge in [0.05, 0.1) is 19.1 Å².